The Morgan fingerprint density at radius 2 is 1.89 bits per heavy atom. The van der Waals surface area contributed by atoms with Gasteiger partial charge in [0.05, 0.1) is 0 Å². The molecule has 4 nitrogen and oxygen atoms in total. The van der Waals surface area contributed by atoms with Crippen molar-refractivity contribution in [1.29, 1.82) is 0 Å². The lowest BCUT2D eigenvalue weighted by Crippen LogP contribution is -2.47. The second-order valence-corrected chi connectivity index (χ2v) is 4.09. The lowest BCUT2D eigenvalue weighted by atomic mass is 10.1. The first-order chi connectivity index (χ1) is 8.89. The maximum absolute atomic E-state index is 13.8. The summed E-state index contributed by atoms with van der Waals surface area (Å²) < 4.78 is 27.6. The zero-order valence-electron chi connectivity index (χ0n) is 10.4. The number of hydrogen-bond donors (Lipinski definition) is 2. The minimum absolute atomic E-state index is 0.103. The van der Waals surface area contributed by atoms with Gasteiger partial charge in [-0.05, 0) is 6.42 Å². The van der Waals surface area contributed by atoms with Crippen molar-refractivity contribution >= 4 is 11.9 Å². The standard InChI is InChI=1S/C13H15F2NO3/c1-2-6-10(11(17)18)16-12(19)13(14,15)9-7-4-3-5-8-9/h3-5,7-8,10H,2,6H2,1H3,(H,16,19)(H,17,18). The average Bonchev–Trinajstić information content (AvgIpc) is 2.38. The van der Waals surface area contributed by atoms with Gasteiger partial charge in [0.1, 0.15) is 6.04 Å². The topological polar surface area (TPSA) is 66.4 Å². The molecule has 1 unspecified atom stereocenters. The molecule has 0 aromatic heterocycles. The molecule has 19 heavy (non-hydrogen) atoms. The monoisotopic (exact) mass is 271 g/mol. The van der Waals surface area contributed by atoms with Gasteiger partial charge in [-0.25, -0.2) is 4.79 Å². The molecule has 0 aliphatic rings. The lowest BCUT2D eigenvalue weighted by molar-refractivity contribution is -0.152. The Kier molecular flexibility index (Phi) is 4.97. The maximum atomic E-state index is 13.8. The van der Waals surface area contributed by atoms with E-state index in [1.54, 1.807) is 13.0 Å². The third-order valence-corrected chi connectivity index (χ3v) is 2.60. The Hall–Kier alpha value is -1.98. The van der Waals surface area contributed by atoms with E-state index in [0.29, 0.717) is 6.42 Å². The van der Waals surface area contributed by atoms with E-state index < -0.39 is 29.4 Å². The number of benzene rings is 1. The summed E-state index contributed by atoms with van der Waals surface area (Å²) in [7, 11) is 0. The Bertz CT molecular complexity index is 448. The zero-order valence-corrected chi connectivity index (χ0v) is 10.4. The molecule has 0 fully saturated rings. The Morgan fingerprint density at radius 3 is 2.37 bits per heavy atom. The summed E-state index contributed by atoms with van der Waals surface area (Å²) in [4.78, 5) is 22.4. The molecule has 1 amide bonds. The fourth-order valence-corrected chi connectivity index (χ4v) is 1.57. The number of nitrogens with one attached hydrogen (secondary N) is 1. The smallest absolute Gasteiger partial charge is 0.349 e. The van der Waals surface area contributed by atoms with E-state index >= 15 is 0 Å². The van der Waals surface area contributed by atoms with E-state index in [-0.39, 0.29) is 6.42 Å². The second kappa shape index (κ2) is 6.26. The van der Waals surface area contributed by atoms with Crippen LogP contribution < -0.4 is 5.32 Å². The SMILES string of the molecule is CCCC(NC(=O)C(F)(F)c1ccccc1)C(=O)O. The normalized spacial score (nSPS) is 12.8. The van der Waals surface area contributed by atoms with Crippen molar-refractivity contribution in [2.75, 3.05) is 0 Å². The largest absolute Gasteiger partial charge is 0.480 e. The molecule has 1 atom stereocenters. The lowest BCUT2D eigenvalue weighted by Gasteiger charge is -2.19. The summed E-state index contributed by atoms with van der Waals surface area (Å²) in [6.07, 6.45) is 0.570. The molecule has 1 aromatic rings. The predicted octanol–water partition coefficient (Wildman–Crippen LogP) is 2.15. The van der Waals surface area contributed by atoms with Crippen molar-refractivity contribution in [2.45, 2.75) is 31.7 Å². The fraction of sp³-hybridized carbons (Fsp3) is 0.385. The number of carboxylic acid groups (broad SMARTS) is 1. The number of rotatable bonds is 6. The fourth-order valence-electron chi connectivity index (χ4n) is 1.57. The summed E-state index contributed by atoms with van der Waals surface area (Å²) in [6, 6.07) is 5.26. The van der Waals surface area contributed by atoms with Gasteiger partial charge < -0.3 is 10.4 Å². The third-order valence-electron chi connectivity index (χ3n) is 2.60. The van der Waals surface area contributed by atoms with Crippen molar-refractivity contribution in [1.82, 2.24) is 5.32 Å². The van der Waals surface area contributed by atoms with E-state index in [1.807, 2.05) is 5.32 Å². The third kappa shape index (κ3) is 3.74. The highest BCUT2D eigenvalue weighted by atomic mass is 19.3. The van der Waals surface area contributed by atoms with Crippen molar-refractivity contribution in [3.05, 3.63) is 35.9 Å². The minimum atomic E-state index is -3.75. The predicted molar refractivity (Wildman–Crippen MR) is 64.8 cm³/mol. The van der Waals surface area contributed by atoms with Crippen LogP contribution in [0.5, 0.6) is 0 Å². The molecule has 1 rings (SSSR count). The molecule has 6 heteroatoms. The number of carboxylic acids is 1. The summed E-state index contributed by atoms with van der Waals surface area (Å²) >= 11 is 0. The van der Waals surface area contributed by atoms with Crippen molar-refractivity contribution < 1.29 is 23.5 Å². The van der Waals surface area contributed by atoms with Crippen LogP contribution in [-0.2, 0) is 15.5 Å². The molecule has 0 saturated heterocycles. The number of hydrogen-bond acceptors (Lipinski definition) is 2. The highest BCUT2D eigenvalue weighted by Gasteiger charge is 2.42. The van der Waals surface area contributed by atoms with E-state index in [1.165, 1.54) is 12.1 Å². The molecule has 0 aliphatic carbocycles. The van der Waals surface area contributed by atoms with Crippen LogP contribution in [0.4, 0.5) is 8.78 Å². The van der Waals surface area contributed by atoms with Gasteiger partial charge >= 0.3 is 11.9 Å². The van der Waals surface area contributed by atoms with Gasteiger partial charge in [0.15, 0.2) is 0 Å². The Morgan fingerprint density at radius 1 is 1.32 bits per heavy atom. The zero-order chi connectivity index (χ0) is 14.5. The molecule has 0 aliphatic heterocycles. The van der Waals surface area contributed by atoms with Crippen LogP contribution in [0.2, 0.25) is 0 Å². The van der Waals surface area contributed by atoms with E-state index in [4.69, 9.17) is 5.11 Å². The van der Waals surface area contributed by atoms with Gasteiger partial charge in [-0.1, -0.05) is 43.7 Å². The number of alkyl halides is 2. The van der Waals surface area contributed by atoms with Crippen LogP contribution in [0.15, 0.2) is 30.3 Å². The molecule has 1 aromatic carbocycles. The summed E-state index contributed by atoms with van der Waals surface area (Å²) in [5.41, 5.74) is -0.465. The molecule has 0 spiro atoms. The quantitative estimate of drug-likeness (QED) is 0.833. The van der Waals surface area contributed by atoms with E-state index in [2.05, 4.69) is 0 Å². The van der Waals surface area contributed by atoms with Gasteiger partial charge in [-0.15, -0.1) is 0 Å². The number of aliphatic carboxylic acids is 1. The van der Waals surface area contributed by atoms with Gasteiger partial charge in [0, 0.05) is 5.56 Å². The summed E-state index contributed by atoms with van der Waals surface area (Å²) in [6.45, 7) is 1.71. The first kappa shape index (κ1) is 15.1. The van der Waals surface area contributed by atoms with Crippen LogP contribution >= 0.6 is 0 Å². The summed E-state index contributed by atoms with van der Waals surface area (Å²) in [5, 5.41) is 10.7. The number of carbonyl (C=O) groups excluding carboxylic acids is 1. The van der Waals surface area contributed by atoms with Gasteiger partial charge in [-0.2, -0.15) is 8.78 Å². The molecule has 104 valence electrons. The number of amides is 1. The molecular formula is C13H15F2NO3. The minimum Gasteiger partial charge on any atom is -0.480 e. The van der Waals surface area contributed by atoms with Crippen LogP contribution in [0.25, 0.3) is 0 Å². The van der Waals surface area contributed by atoms with E-state index in [0.717, 1.165) is 12.1 Å². The van der Waals surface area contributed by atoms with Gasteiger partial charge in [0.25, 0.3) is 5.91 Å². The van der Waals surface area contributed by atoms with E-state index in [9.17, 15) is 18.4 Å². The first-order valence-electron chi connectivity index (χ1n) is 5.86. The molecule has 2 N–H and O–H groups in total. The maximum Gasteiger partial charge on any atom is 0.349 e. The average molecular weight is 271 g/mol. The molecule has 0 bridgehead atoms. The van der Waals surface area contributed by atoms with Crippen LogP contribution in [-0.4, -0.2) is 23.0 Å². The van der Waals surface area contributed by atoms with Gasteiger partial charge in [-0.3, -0.25) is 4.79 Å². The number of carbonyl (C=O) groups is 2. The van der Waals surface area contributed by atoms with Crippen LogP contribution in [0.3, 0.4) is 0 Å². The molecule has 0 saturated carbocycles. The highest BCUT2D eigenvalue weighted by Crippen LogP contribution is 2.28. The Labute approximate surface area is 109 Å². The van der Waals surface area contributed by atoms with Gasteiger partial charge in [0.2, 0.25) is 0 Å². The first-order valence-corrected chi connectivity index (χ1v) is 5.86. The van der Waals surface area contributed by atoms with Crippen molar-refractivity contribution in [2.24, 2.45) is 0 Å². The highest BCUT2D eigenvalue weighted by molar-refractivity contribution is 5.88. The number of halogens is 2. The van der Waals surface area contributed by atoms with Crippen molar-refractivity contribution in [3.63, 3.8) is 0 Å². The van der Waals surface area contributed by atoms with Crippen molar-refractivity contribution in [3.8, 4) is 0 Å². The van der Waals surface area contributed by atoms with Crippen LogP contribution in [0, 0.1) is 0 Å². The molecule has 0 heterocycles. The molecular weight excluding hydrogens is 256 g/mol. The molecule has 0 radical (unpaired) electrons. The summed E-state index contributed by atoms with van der Waals surface area (Å²) in [5.74, 6) is -6.67. The second-order valence-electron chi connectivity index (χ2n) is 4.09. The van der Waals surface area contributed by atoms with Crippen LogP contribution in [0.1, 0.15) is 25.3 Å². The Balaban J connectivity index is 2.84.